The van der Waals surface area contributed by atoms with E-state index in [-0.39, 0.29) is 11.5 Å². The normalized spacial score (nSPS) is 20.3. The van der Waals surface area contributed by atoms with E-state index in [1.165, 1.54) is 19.3 Å². The third-order valence-electron chi connectivity index (χ3n) is 4.60. The predicted octanol–water partition coefficient (Wildman–Crippen LogP) is 4.50. The number of aryl methyl sites for hydroxylation is 1. The lowest BCUT2D eigenvalue weighted by Gasteiger charge is -2.41. The first-order valence-corrected chi connectivity index (χ1v) is 7.11. The fourth-order valence-electron chi connectivity index (χ4n) is 3.41. The molecule has 1 aliphatic rings. The summed E-state index contributed by atoms with van der Waals surface area (Å²) < 4.78 is 28.0. The summed E-state index contributed by atoms with van der Waals surface area (Å²) >= 11 is 0. The number of hydrogen-bond donors (Lipinski definition) is 1. The summed E-state index contributed by atoms with van der Waals surface area (Å²) in [6, 6.07) is 3.28. The van der Waals surface area contributed by atoms with Crippen molar-refractivity contribution >= 4 is 0 Å². The zero-order chi connectivity index (χ0) is 14.0. The zero-order valence-electron chi connectivity index (χ0n) is 12.0. The molecule has 1 aromatic carbocycles. The lowest BCUT2D eigenvalue weighted by molar-refractivity contribution is 0.147. The van der Waals surface area contributed by atoms with E-state index in [1.54, 1.807) is 19.1 Å². The van der Waals surface area contributed by atoms with E-state index in [0.29, 0.717) is 11.1 Å². The summed E-state index contributed by atoms with van der Waals surface area (Å²) in [6.07, 6.45) is 5.72. The Morgan fingerprint density at radius 3 is 2.32 bits per heavy atom. The van der Waals surface area contributed by atoms with Crippen molar-refractivity contribution in [1.82, 2.24) is 5.32 Å². The maximum atomic E-state index is 14.2. The van der Waals surface area contributed by atoms with Crippen LogP contribution in [0.1, 0.15) is 56.2 Å². The molecule has 1 aliphatic carbocycles. The van der Waals surface area contributed by atoms with E-state index in [2.05, 4.69) is 12.2 Å². The maximum absolute atomic E-state index is 14.2. The molecule has 19 heavy (non-hydrogen) atoms. The first-order chi connectivity index (χ1) is 8.99. The van der Waals surface area contributed by atoms with Crippen molar-refractivity contribution in [3.8, 4) is 0 Å². The van der Waals surface area contributed by atoms with Crippen LogP contribution in [0, 0.1) is 24.0 Å². The molecule has 1 atom stereocenters. The highest BCUT2D eigenvalue weighted by Crippen LogP contribution is 2.46. The molecule has 1 aromatic rings. The Kier molecular flexibility index (Phi) is 4.24. The molecule has 0 heterocycles. The Balaban J connectivity index is 2.39. The monoisotopic (exact) mass is 267 g/mol. The van der Waals surface area contributed by atoms with E-state index >= 15 is 0 Å². The average Bonchev–Trinajstić information content (AvgIpc) is 2.40. The summed E-state index contributed by atoms with van der Waals surface area (Å²) in [5.74, 6) is -1.40. The molecular formula is C16H23F2N. The molecule has 106 valence electrons. The van der Waals surface area contributed by atoms with Gasteiger partial charge in [-0.1, -0.05) is 38.3 Å². The van der Waals surface area contributed by atoms with Gasteiger partial charge in [0.15, 0.2) is 11.6 Å². The summed E-state index contributed by atoms with van der Waals surface area (Å²) in [5, 5.41) is 3.21. The van der Waals surface area contributed by atoms with Gasteiger partial charge < -0.3 is 5.32 Å². The molecule has 1 unspecified atom stereocenters. The molecule has 0 aromatic heterocycles. The Hall–Kier alpha value is -0.960. The number of nitrogens with one attached hydrogen (secondary N) is 1. The Morgan fingerprint density at radius 2 is 1.74 bits per heavy atom. The first-order valence-electron chi connectivity index (χ1n) is 7.11. The van der Waals surface area contributed by atoms with Gasteiger partial charge >= 0.3 is 0 Å². The van der Waals surface area contributed by atoms with E-state index in [1.807, 2.05) is 7.05 Å². The zero-order valence-corrected chi connectivity index (χ0v) is 12.0. The van der Waals surface area contributed by atoms with Gasteiger partial charge in [-0.2, -0.15) is 0 Å². The average molecular weight is 267 g/mol. The standard InChI is InChI=1S/C16H23F2N/c1-11-7-8-12(14(18)13(11)17)15(19-3)16(2)9-5-4-6-10-16/h7-8,15,19H,4-6,9-10H2,1-3H3. The van der Waals surface area contributed by atoms with Gasteiger partial charge in [-0.3, -0.25) is 0 Å². The van der Waals surface area contributed by atoms with Crippen LogP contribution >= 0.6 is 0 Å². The molecule has 1 nitrogen and oxygen atoms in total. The van der Waals surface area contributed by atoms with Gasteiger partial charge in [0.05, 0.1) is 0 Å². The predicted molar refractivity (Wildman–Crippen MR) is 74.1 cm³/mol. The molecule has 2 rings (SSSR count). The van der Waals surface area contributed by atoms with E-state index in [0.717, 1.165) is 12.8 Å². The summed E-state index contributed by atoms with van der Waals surface area (Å²) in [6.45, 7) is 3.78. The van der Waals surface area contributed by atoms with Crippen LogP contribution in [0.3, 0.4) is 0 Å². The summed E-state index contributed by atoms with van der Waals surface area (Å²) in [5.41, 5.74) is 0.843. The Bertz CT molecular complexity index is 450. The van der Waals surface area contributed by atoms with Gasteiger partial charge in [0.25, 0.3) is 0 Å². The fraction of sp³-hybridized carbons (Fsp3) is 0.625. The molecule has 0 radical (unpaired) electrons. The van der Waals surface area contributed by atoms with Crippen molar-refractivity contribution in [2.75, 3.05) is 7.05 Å². The number of halogens is 2. The highest BCUT2D eigenvalue weighted by molar-refractivity contribution is 5.29. The minimum absolute atomic E-state index is 0.00946. The lowest BCUT2D eigenvalue weighted by Crippen LogP contribution is -2.36. The van der Waals surface area contributed by atoms with Crippen molar-refractivity contribution in [3.63, 3.8) is 0 Å². The quantitative estimate of drug-likeness (QED) is 0.850. The van der Waals surface area contributed by atoms with Crippen molar-refractivity contribution in [2.24, 2.45) is 5.41 Å². The second kappa shape index (κ2) is 5.58. The SMILES string of the molecule is CNC(c1ccc(C)c(F)c1F)C1(C)CCCCC1. The lowest BCUT2D eigenvalue weighted by atomic mass is 9.68. The number of hydrogen-bond acceptors (Lipinski definition) is 1. The van der Waals surface area contributed by atoms with Gasteiger partial charge in [0.1, 0.15) is 0 Å². The van der Waals surface area contributed by atoms with Gasteiger partial charge in [0, 0.05) is 11.6 Å². The molecule has 0 aliphatic heterocycles. The minimum Gasteiger partial charge on any atom is -0.312 e. The van der Waals surface area contributed by atoms with Crippen molar-refractivity contribution < 1.29 is 8.78 Å². The van der Waals surface area contributed by atoms with E-state index < -0.39 is 11.6 Å². The third-order valence-corrected chi connectivity index (χ3v) is 4.60. The van der Waals surface area contributed by atoms with Gasteiger partial charge in [-0.25, -0.2) is 8.78 Å². The maximum Gasteiger partial charge on any atom is 0.163 e. The van der Waals surface area contributed by atoms with Crippen molar-refractivity contribution in [3.05, 3.63) is 34.9 Å². The van der Waals surface area contributed by atoms with Crippen LogP contribution in [0.5, 0.6) is 0 Å². The third kappa shape index (κ3) is 2.66. The first kappa shape index (κ1) is 14.4. The van der Waals surface area contributed by atoms with Crippen molar-refractivity contribution in [1.29, 1.82) is 0 Å². The van der Waals surface area contributed by atoms with Gasteiger partial charge in [-0.15, -0.1) is 0 Å². The van der Waals surface area contributed by atoms with Crippen LogP contribution in [0.2, 0.25) is 0 Å². The molecule has 0 bridgehead atoms. The second-order valence-electron chi connectivity index (χ2n) is 6.04. The molecule has 3 heteroatoms. The summed E-state index contributed by atoms with van der Waals surface area (Å²) in [7, 11) is 1.84. The largest absolute Gasteiger partial charge is 0.312 e. The number of rotatable bonds is 3. The molecule has 0 spiro atoms. The van der Waals surface area contributed by atoms with Crippen LogP contribution in [-0.4, -0.2) is 7.05 Å². The van der Waals surface area contributed by atoms with Crippen LogP contribution in [-0.2, 0) is 0 Å². The Morgan fingerprint density at radius 1 is 1.11 bits per heavy atom. The van der Waals surface area contributed by atoms with Crippen molar-refractivity contribution in [2.45, 2.75) is 52.0 Å². The highest BCUT2D eigenvalue weighted by Gasteiger charge is 2.37. The van der Waals surface area contributed by atoms with Crippen LogP contribution in [0.25, 0.3) is 0 Å². The molecule has 1 N–H and O–H groups in total. The Labute approximate surface area is 114 Å². The fourth-order valence-corrected chi connectivity index (χ4v) is 3.41. The second-order valence-corrected chi connectivity index (χ2v) is 6.04. The number of benzene rings is 1. The topological polar surface area (TPSA) is 12.0 Å². The molecule has 1 fully saturated rings. The molecule has 0 amide bonds. The van der Waals surface area contributed by atoms with Gasteiger partial charge in [-0.05, 0) is 37.8 Å². The van der Waals surface area contributed by atoms with Crippen LogP contribution in [0.15, 0.2) is 12.1 Å². The van der Waals surface area contributed by atoms with E-state index in [4.69, 9.17) is 0 Å². The summed E-state index contributed by atoms with van der Waals surface area (Å²) in [4.78, 5) is 0. The van der Waals surface area contributed by atoms with Crippen LogP contribution < -0.4 is 5.32 Å². The smallest absolute Gasteiger partial charge is 0.163 e. The van der Waals surface area contributed by atoms with Gasteiger partial charge in [0.2, 0.25) is 0 Å². The van der Waals surface area contributed by atoms with E-state index in [9.17, 15) is 8.78 Å². The molecule has 0 saturated heterocycles. The molecule has 1 saturated carbocycles. The highest BCUT2D eigenvalue weighted by atomic mass is 19.2. The molecular weight excluding hydrogens is 244 g/mol. The van der Waals surface area contributed by atoms with Crippen LogP contribution in [0.4, 0.5) is 8.78 Å². The minimum atomic E-state index is -0.711.